The van der Waals surface area contributed by atoms with Crippen LogP contribution < -0.4 is 9.64 Å². The van der Waals surface area contributed by atoms with Crippen molar-refractivity contribution in [1.82, 2.24) is 4.90 Å². The highest BCUT2D eigenvalue weighted by Gasteiger charge is 2.70. The summed E-state index contributed by atoms with van der Waals surface area (Å²) in [7, 11) is 1.39. The number of nitrogens with zero attached hydrogens (tertiary/aromatic N) is 2. The monoisotopic (exact) mass is 730 g/mol. The van der Waals surface area contributed by atoms with Crippen molar-refractivity contribution in [2.45, 2.75) is 49.9 Å². The molecule has 12 heteroatoms. The molecule has 2 saturated heterocycles. The average molecular weight is 732 g/mol. The van der Waals surface area contributed by atoms with Gasteiger partial charge in [-0.1, -0.05) is 77.7 Å². The highest BCUT2D eigenvalue weighted by atomic mass is 35.5. The molecule has 2 aliphatic heterocycles. The lowest BCUT2D eigenvalue weighted by Crippen LogP contribution is -2.53. The fourth-order valence-electron chi connectivity index (χ4n) is 9.04. The van der Waals surface area contributed by atoms with Crippen LogP contribution in [-0.4, -0.2) is 58.4 Å². The number of phenolic OH excluding ortho intramolecular Hbond substituents is 1. The van der Waals surface area contributed by atoms with Crippen molar-refractivity contribution in [2.75, 3.05) is 18.6 Å². The molecule has 0 bridgehead atoms. The van der Waals surface area contributed by atoms with E-state index in [0.29, 0.717) is 41.1 Å². The second-order valence-electron chi connectivity index (χ2n) is 13.7. The fraction of sp³-hybridized carbons (Fsp3) is 0.359. The Balaban J connectivity index is 1.39. The molecule has 4 amide bonds. The third-order valence-electron chi connectivity index (χ3n) is 11.1. The number of imide groups is 2. The van der Waals surface area contributed by atoms with Crippen molar-refractivity contribution >= 4 is 58.5 Å². The van der Waals surface area contributed by atoms with Crippen molar-refractivity contribution in [1.29, 1.82) is 0 Å². The van der Waals surface area contributed by atoms with E-state index in [1.165, 1.54) is 16.9 Å². The van der Waals surface area contributed by atoms with E-state index < -0.39 is 52.8 Å². The number of hydrogen-bond donors (Lipinski definition) is 2. The largest absolute Gasteiger partial charge is 0.503 e. The number of rotatable bonds is 10. The molecule has 51 heavy (non-hydrogen) atoms. The molecule has 264 valence electrons. The topological polar surface area (TPSA) is 142 Å². The molecule has 2 N–H and O–H groups in total. The molecule has 0 unspecified atom stereocenters. The van der Waals surface area contributed by atoms with Gasteiger partial charge in [0.1, 0.15) is 0 Å². The highest BCUT2D eigenvalue weighted by Crippen LogP contribution is 2.65. The lowest BCUT2D eigenvalue weighted by atomic mass is 9.49. The molecule has 0 aromatic heterocycles. The maximum absolute atomic E-state index is 15.3. The van der Waals surface area contributed by atoms with Gasteiger partial charge in [-0.15, -0.1) is 0 Å². The number of benzene rings is 3. The molecule has 1 saturated carbocycles. The summed E-state index contributed by atoms with van der Waals surface area (Å²) in [6.07, 6.45) is 3.82. The van der Waals surface area contributed by atoms with E-state index >= 15 is 4.79 Å². The number of fused-ring (bicyclic) bond motifs is 4. The quantitative estimate of drug-likeness (QED) is 0.137. The minimum absolute atomic E-state index is 0.00909. The number of unbranched alkanes of at least 4 members (excludes halogenated alkanes) is 2. The van der Waals surface area contributed by atoms with Crippen LogP contribution in [0.25, 0.3) is 0 Å². The molecule has 3 aromatic rings. The fourth-order valence-corrected chi connectivity index (χ4v) is 9.45. The first-order chi connectivity index (χ1) is 24.5. The van der Waals surface area contributed by atoms with E-state index in [1.807, 2.05) is 36.4 Å². The van der Waals surface area contributed by atoms with Gasteiger partial charge in [0.05, 0.1) is 41.0 Å². The first kappa shape index (κ1) is 34.8. The Labute approximate surface area is 304 Å². The van der Waals surface area contributed by atoms with Gasteiger partial charge >= 0.3 is 5.97 Å². The third-order valence-corrected chi connectivity index (χ3v) is 11.7. The van der Waals surface area contributed by atoms with Crippen LogP contribution in [0.3, 0.4) is 0 Å². The van der Waals surface area contributed by atoms with E-state index in [9.17, 15) is 24.3 Å². The molecule has 3 aromatic carbocycles. The number of hydrogen-bond acceptors (Lipinski definition) is 7. The molecular weight excluding hydrogens is 695 g/mol. The van der Waals surface area contributed by atoms with E-state index in [-0.39, 0.29) is 54.1 Å². The zero-order valence-electron chi connectivity index (χ0n) is 27.8. The molecule has 4 aliphatic rings. The number of carbonyl (C=O) groups is 5. The molecule has 2 aliphatic carbocycles. The molecule has 3 fully saturated rings. The van der Waals surface area contributed by atoms with Crippen LogP contribution in [0.4, 0.5) is 5.69 Å². The summed E-state index contributed by atoms with van der Waals surface area (Å²) in [5.41, 5.74) is 0.678. The summed E-state index contributed by atoms with van der Waals surface area (Å²) in [5, 5.41) is 20.1. The van der Waals surface area contributed by atoms with E-state index in [1.54, 1.807) is 36.4 Å². The smallest absolute Gasteiger partial charge is 0.303 e. The van der Waals surface area contributed by atoms with Crippen LogP contribution >= 0.6 is 23.2 Å². The molecule has 6 atom stereocenters. The Morgan fingerprint density at radius 3 is 2.39 bits per heavy atom. The minimum atomic E-state index is -1.50. The van der Waals surface area contributed by atoms with Gasteiger partial charge in [0.15, 0.2) is 11.5 Å². The number of aliphatic carboxylic acids is 1. The number of halogens is 2. The standard InChI is InChI=1S/C39H36Cl2N2O8/c1-51-30-18-21(17-29(41)34(30)46)33-25-14-15-26-32(37(49)42(35(26)47)16-7-3-6-13-31(44)45)27(25)20-28-36(48)43(24-12-8-11-23(40)19-24)38(50)39(28,33)22-9-4-2-5-10-22/h2,4-5,8-12,14,17-19,26-28,32-33,46H,3,6-7,13,15-16,20H2,1H3,(H,44,45)/t26-,27+,28-,32-,33-,39+/m0/s1. The second kappa shape index (κ2) is 13.5. The summed E-state index contributed by atoms with van der Waals surface area (Å²) < 4.78 is 5.51. The van der Waals surface area contributed by atoms with Crippen LogP contribution in [0.2, 0.25) is 10.0 Å². The Kier molecular flexibility index (Phi) is 9.18. The van der Waals surface area contributed by atoms with Crippen LogP contribution in [-0.2, 0) is 29.4 Å². The van der Waals surface area contributed by atoms with Gasteiger partial charge in [0, 0.05) is 23.9 Å². The summed E-state index contributed by atoms with van der Waals surface area (Å²) >= 11 is 13.0. The zero-order valence-corrected chi connectivity index (χ0v) is 29.3. The van der Waals surface area contributed by atoms with Gasteiger partial charge in [-0.05, 0) is 73.1 Å². The Hall–Kier alpha value is -4.67. The average Bonchev–Trinajstić information content (AvgIpc) is 3.49. The Bertz CT molecular complexity index is 1980. The normalized spacial score (nSPS) is 26.9. The van der Waals surface area contributed by atoms with Crippen molar-refractivity contribution in [3.8, 4) is 11.5 Å². The first-order valence-corrected chi connectivity index (χ1v) is 17.8. The summed E-state index contributed by atoms with van der Waals surface area (Å²) in [5.74, 6) is -6.36. The lowest BCUT2D eigenvalue weighted by Gasteiger charge is -2.50. The number of allylic oxidation sites excluding steroid dienone is 2. The lowest BCUT2D eigenvalue weighted by molar-refractivity contribution is -0.141. The molecule has 2 heterocycles. The van der Waals surface area contributed by atoms with E-state index in [4.69, 9.17) is 33.0 Å². The van der Waals surface area contributed by atoms with Crippen molar-refractivity contribution < 1.29 is 38.9 Å². The van der Waals surface area contributed by atoms with Crippen LogP contribution in [0.1, 0.15) is 55.6 Å². The number of phenols is 1. The van der Waals surface area contributed by atoms with Crippen LogP contribution in [0.5, 0.6) is 11.5 Å². The summed E-state index contributed by atoms with van der Waals surface area (Å²) in [4.78, 5) is 71.7. The third kappa shape index (κ3) is 5.51. The van der Waals surface area contributed by atoms with Gasteiger partial charge in [0.25, 0.3) is 0 Å². The molecule has 7 rings (SSSR count). The van der Waals surface area contributed by atoms with Crippen LogP contribution in [0.15, 0.2) is 78.4 Å². The van der Waals surface area contributed by atoms with Crippen molar-refractivity contribution in [2.24, 2.45) is 23.7 Å². The summed E-state index contributed by atoms with van der Waals surface area (Å²) in [6.45, 7) is 0.178. The molecule has 0 radical (unpaired) electrons. The maximum atomic E-state index is 15.3. The predicted molar refractivity (Wildman–Crippen MR) is 189 cm³/mol. The van der Waals surface area contributed by atoms with Gasteiger partial charge in [-0.25, -0.2) is 4.90 Å². The highest BCUT2D eigenvalue weighted by molar-refractivity contribution is 6.33. The van der Waals surface area contributed by atoms with Gasteiger partial charge in [-0.2, -0.15) is 0 Å². The maximum Gasteiger partial charge on any atom is 0.303 e. The van der Waals surface area contributed by atoms with E-state index in [2.05, 4.69) is 0 Å². The molecular formula is C39H36Cl2N2O8. The number of likely N-dealkylation sites (tertiary alicyclic amines) is 1. The second-order valence-corrected chi connectivity index (χ2v) is 14.5. The van der Waals surface area contributed by atoms with E-state index in [0.717, 1.165) is 5.57 Å². The van der Waals surface area contributed by atoms with Gasteiger partial charge < -0.3 is 14.9 Å². The number of anilines is 1. The summed E-state index contributed by atoms with van der Waals surface area (Å²) in [6, 6.07) is 18.9. The van der Waals surface area contributed by atoms with Crippen LogP contribution in [0, 0.1) is 23.7 Å². The number of carboxylic acids is 1. The Morgan fingerprint density at radius 2 is 1.69 bits per heavy atom. The predicted octanol–water partition coefficient (Wildman–Crippen LogP) is 6.52. The number of carboxylic acid groups (broad SMARTS) is 1. The number of methoxy groups -OCH3 is 1. The number of aromatic hydroxyl groups is 1. The van der Waals surface area contributed by atoms with Gasteiger partial charge in [0.2, 0.25) is 23.6 Å². The number of amides is 4. The minimum Gasteiger partial charge on any atom is -0.503 e. The first-order valence-electron chi connectivity index (χ1n) is 17.0. The van der Waals surface area contributed by atoms with Crippen molar-refractivity contribution in [3.05, 3.63) is 99.6 Å². The Morgan fingerprint density at radius 1 is 0.922 bits per heavy atom. The zero-order chi connectivity index (χ0) is 36.2. The van der Waals surface area contributed by atoms with Crippen molar-refractivity contribution in [3.63, 3.8) is 0 Å². The molecule has 10 nitrogen and oxygen atoms in total. The van der Waals surface area contributed by atoms with Gasteiger partial charge in [-0.3, -0.25) is 28.9 Å². The SMILES string of the molecule is COc1cc([C@H]2C3=CC[C@@H]4C(=O)N(CCCCCC(=O)O)C(=O)[C@@H]4[C@@H]3C[C@H]3C(=O)N(c4cccc(Cl)c4)C(=O)[C@@]23c2ccccc2)cc(Cl)c1O. The number of carbonyl (C=O) groups excluding carboxylic acids is 4. The molecule has 0 spiro atoms. The number of ether oxygens (including phenoxy) is 1.